The maximum absolute atomic E-state index is 12.8. The van der Waals surface area contributed by atoms with Gasteiger partial charge in [0.2, 0.25) is 0 Å². The number of benzene rings is 1. The summed E-state index contributed by atoms with van der Waals surface area (Å²) in [5.41, 5.74) is 3.94. The van der Waals surface area contributed by atoms with E-state index < -0.39 is 23.1 Å². The molecule has 0 aliphatic heterocycles. The minimum Gasteiger partial charge on any atom is -0.494 e. The highest BCUT2D eigenvalue weighted by Gasteiger charge is 2.34. The third-order valence-corrected chi connectivity index (χ3v) is 2.87. The van der Waals surface area contributed by atoms with E-state index in [4.69, 9.17) is 15.7 Å². The van der Waals surface area contributed by atoms with Gasteiger partial charge in [-0.05, 0) is 37.0 Å². The summed E-state index contributed by atoms with van der Waals surface area (Å²) in [4.78, 5) is 0. The van der Waals surface area contributed by atoms with E-state index in [0.29, 0.717) is 12.5 Å². The van der Waals surface area contributed by atoms with Crippen molar-refractivity contribution in [1.82, 2.24) is 0 Å². The Kier molecular flexibility index (Phi) is 5.87. The van der Waals surface area contributed by atoms with E-state index in [1.54, 1.807) is 0 Å². The van der Waals surface area contributed by atoms with Gasteiger partial charge in [0.05, 0.1) is 12.2 Å². The highest BCUT2D eigenvalue weighted by molar-refractivity contribution is 5.99. The molecule has 0 aliphatic rings. The number of alkyl halides is 3. The molecule has 0 amide bonds. The van der Waals surface area contributed by atoms with Gasteiger partial charge >= 0.3 is 6.18 Å². The molecule has 0 bridgehead atoms. The second-order valence-corrected chi connectivity index (χ2v) is 5.07. The number of hydrogen-bond acceptors (Lipinski definition) is 3. The second-order valence-electron chi connectivity index (χ2n) is 5.07. The molecule has 118 valence electrons. The van der Waals surface area contributed by atoms with Crippen molar-refractivity contribution < 1.29 is 23.1 Å². The van der Waals surface area contributed by atoms with Crippen molar-refractivity contribution >= 4 is 5.84 Å². The van der Waals surface area contributed by atoms with Crippen LogP contribution in [0, 0.1) is 5.92 Å². The average molecular weight is 304 g/mol. The third kappa shape index (κ3) is 5.17. The molecule has 0 radical (unpaired) electrons. The van der Waals surface area contributed by atoms with Crippen LogP contribution in [0.15, 0.2) is 23.4 Å². The molecule has 3 N–H and O–H groups in total. The lowest BCUT2D eigenvalue weighted by molar-refractivity contribution is -0.137. The third-order valence-electron chi connectivity index (χ3n) is 2.87. The van der Waals surface area contributed by atoms with Crippen molar-refractivity contribution in [3.05, 3.63) is 29.3 Å². The number of oxime groups is 1. The molecule has 0 unspecified atom stereocenters. The Morgan fingerprint density at radius 3 is 2.57 bits per heavy atom. The number of amidine groups is 1. The SMILES string of the molecule is CC(C)CCCOc1ccc(C(F)(F)F)c(/C(N)=N/O)c1. The molecule has 21 heavy (non-hydrogen) atoms. The van der Waals surface area contributed by atoms with E-state index >= 15 is 0 Å². The number of hydrogen-bond donors (Lipinski definition) is 2. The van der Waals surface area contributed by atoms with Crippen LogP contribution in [0.4, 0.5) is 13.2 Å². The largest absolute Gasteiger partial charge is 0.494 e. The molecule has 0 aliphatic carbocycles. The fraction of sp³-hybridized carbons (Fsp3) is 0.500. The van der Waals surface area contributed by atoms with Crippen molar-refractivity contribution in [2.45, 2.75) is 32.9 Å². The summed E-state index contributed by atoms with van der Waals surface area (Å²) < 4.78 is 43.9. The molecule has 1 aromatic rings. The highest BCUT2D eigenvalue weighted by Crippen LogP contribution is 2.33. The Balaban J connectivity index is 2.90. The zero-order chi connectivity index (χ0) is 16.0. The first kappa shape index (κ1) is 17.1. The van der Waals surface area contributed by atoms with E-state index in [2.05, 4.69) is 19.0 Å². The molecule has 0 heterocycles. The van der Waals surface area contributed by atoms with Crippen LogP contribution in [0.2, 0.25) is 0 Å². The van der Waals surface area contributed by atoms with E-state index in [9.17, 15) is 13.2 Å². The maximum Gasteiger partial charge on any atom is 0.417 e. The molecular formula is C14H19F3N2O2. The van der Waals surface area contributed by atoms with Crippen LogP contribution in [0.1, 0.15) is 37.8 Å². The number of nitrogens with two attached hydrogens (primary N) is 1. The van der Waals surface area contributed by atoms with Gasteiger partial charge in [-0.2, -0.15) is 13.2 Å². The Labute approximate surface area is 121 Å². The van der Waals surface area contributed by atoms with Crippen molar-refractivity contribution in [3.8, 4) is 5.75 Å². The maximum atomic E-state index is 12.8. The van der Waals surface area contributed by atoms with E-state index in [0.717, 1.165) is 25.0 Å². The smallest absolute Gasteiger partial charge is 0.417 e. The molecule has 4 nitrogen and oxygen atoms in total. The molecule has 0 atom stereocenters. The molecule has 0 saturated carbocycles. The molecule has 1 rings (SSSR count). The van der Waals surface area contributed by atoms with Crippen LogP contribution >= 0.6 is 0 Å². The number of ether oxygens (including phenoxy) is 1. The standard InChI is InChI=1S/C14H19F3N2O2/c1-9(2)4-3-7-21-10-5-6-12(14(15,16)17)11(8-10)13(18)19-20/h5-6,8-9,20H,3-4,7H2,1-2H3,(H2,18,19). The van der Waals surface area contributed by atoms with Crippen LogP contribution in [-0.2, 0) is 6.18 Å². The van der Waals surface area contributed by atoms with E-state index in [1.165, 1.54) is 6.07 Å². The van der Waals surface area contributed by atoms with Crippen LogP contribution < -0.4 is 10.5 Å². The second kappa shape index (κ2) is 7.19. The molecule has 7 heteroatoms. The minimum absolute atomic E-state index is 0.258. The Bertz CT molecular complexity index is 499. The van der Waals surface area contributed by atoms with Crippen LogP contribution in [0.25, 0.3) is 0 Å². The lowest BCUT2D eigenvalue weighted by Crippen LogP contribution is -2.20. The van der Waals surface area contributed by atoms with Crippen LogP contribution in [-0.4, -0.2) is 17.6 Å². The monoisotopic (exact) mass is 304 g/mol. The van der Waals surface area contributed by atoms with Crippen LogP contribution in [0.5, 0.6) is 5.75 Å². The minimum atomic E-state index is -4.58. The first-order valence-corrected chi connectivity index (χ1v) is 6.57. The first-order chi connectivity index (χ1) is 9.75. The van der Waals surface area contributed by atoms with Gasteiger partial charge in [0.15, 0.2) is 5.84 Å². The Morgan fingerprint density at radius 2 is 2.05 bits per heavy atom. The van der Waals surface area contributed by atoms with Gasteiger partial charge in [0.1, 0.15) is 5.75 Å². The summed E-state index contributed by atoms with van der Waals surface area (Å²) >= 11 is 0. The summed E-state index contributed by atoms with van der Waals surface area (Å²) in [7, 11) is 0. The lowest BCUT2D eigenvalue weighted by atomic mass is 10.1. The molecule has 0 spiro atoms. The van der Waals surface area contributed by atoms with Crippen molar-refractivity contribution in [1.29, 1.82) is 0 Å². The summed E-state index contributed by atoms with van der Waals surface area (Å²) in [6.45, 7) is 4.56. The highest BCUT2D eigenvalue weighted by atomic mass is 19.4. The molecule has 0 aromatic heterocycles. The van der Waals surface area contributed by atoms with Gasteiger partial charge in [-0.1, -0.05) is 19.0 Å². The first-order valence-electron chi connectivity index (χ1n) is 6.57. The molecule has 0 fully saturated rings. The van der Waals surface area contributed by atoms with Crippen molar-refractivity contribution in [2.24, 2.45) is 16.8 Å². The zero-order valence-electron chi connectivity index (χ0n) is 11.9. The van der Waals surface area contributed by atoms with Crippen molar-refractivity contribution in [2.75, 3.05) is 6.61 Å². The summed E-state index contributed by atoms with van der Waals surface area (Å²) in [5.74, 6) is 0.192. The van der Waals surface area contributed by atoms with E-state index in [1.807, 2.05) is 0 Å². The van der Waals surface area contributed by atoms with Crippen molar-refractivity contribution in [3.63, 3.8) is 0 Å². The van der Waals surface area contributed by atoms with Gasteiger partial charge in [-0.3, -0.25) is 0 Å². The molecule has 0 saturated heterocycles. The van der Waals surface area contributed by atoms with Gasteiger partial charge in [-0.15, -0.1) is 0 Å². The predicted octanol–water partition coefficient (Wildman–Crippen LogP) is 3.61. The Morgan fingerprint density at radius 1 is 1.38 bits per heavy atom. The summed E-state index contributed by atoms with van der Waals surface area (Å²) in [6, 6.07) is 3.23. The molecular weight excluding hydrogens is 285 g/mol. The summed E-state index contributed by atoms with van der Waals surface area (Å²) in [5, 5.41) is 11.2. The van der Waals surface area contributed by atoms with Gasteiger partial charge in [0, 0.05) is 5.56 Å². The number of nitrogens with zero attached hydrogens (tertiary/aromatic N) is 1. The quantitative estimate of drug-likeness (QED) is 0.277. The van der Waals surface area contributed by atoms with Crippen LogP contribution in [0.3, 0.4) is 0 Å². The fourth-order valence-electron chi connectivity index (χ4n) is 1.81. The molecule has 1 aromatic carbocycles. The zero-order valence-corrected chi connectivity index (χ0v) is 11.9. The summed E-state index contributed by atoms with van der Waals surface area (Å²) in [6.07, 6.45) is -2.81. The lowest BCUT2D eigenvalue weighted by Gasteiger charge is -2.14. The average Bonchev–Trinajstić information content (AvgIpc) is 2.41. The number of halogens is 3. The Hall–Kier alpha value is -1.92. The number of rotatable bonds is 6. The van der Waals surface area contributed by atoms with Gasteiger partial charge in [-0.25, -0.2) is 0 Å². The fourth-order valence-corrected chi connectivity index (χ4v) is 1.81. The van der Waals surface area contributed by atoms with E-state index in [-0.39, 0.29) is 5.75 Å². The normalized spacial score (nSPS) is 12.8. The van der Waals surface area contributed by atoms with Gasteiger partial charge in [0.25, 0.3) is 0 Å². The topological polar surface area (TPSA) is 67.8 Å². The van der Waals surface area contributed by atoms with Gasteiger partial charge < -0.3 is 15.7 Å². The predicted molar refractivity (Wildman–Crippen MR) is 73.5 cm³/mol.